The van der Waals surface area contributed by atoms with Crippen LogP contribution in [-0.2, 0) is 6.54 Å². The number of hydrogen-bond acceptors (Lipinski definition) is 3. The maximum Gasteiger partial charge on any atom is 0.226 e. The molecule has 23 heavy (non-hydrogen) atoms. The molecule has 3 rings (SSSR count). The van der Waals surface area contributed by atoms with Crippen LogP contribution in [0.25, 0.3) is 11.5 Å². The number of aromatic nitrogens is 1. The van der Waals surface area contributed by atoms with Crippen molar-refractivity contribution in [1.82, 2.24) is 15.6 Å². The van der Waals surface area contributed by atoms with Crippen LogP contribution in [0.2, 0.25) is 0 Å². The molecule has 122 valence electrons. The summed E-state index contributed by atoms with van der Waals surface area (Å²) in [6.07, 6.45) is 4.34. The number of guanidine groups is 1. The van der Waals surface area contributed by atoms with Crippen LogP contribution in [-0.4, -0.2) is 24.0 Å². The Balaban J connectivity index is 1.62. The molecule has 0 spiro atoms. The zero-order chi connectivity index (χ0) is 16.1. The minimum absolute atomic E-state index is 0.509. The smallest absolute Gasteiger partial charge is 0.226 e. The van der Waals surface area contributed by atoms with Gasteiger partial charge in [0.1, 0.15) is 12.0 Å². The first-order valence-corrected chi connectivity index (χ1v) is 8.28. The van der Waals surface area contributed by atoms with Gasteiger partial charge in [0, 0.05) is 18.7 Å². The summed E-state index contributed by atoms with van der Waals surface area (Å²) in [6, 6.07) is 8.16. The molecule has 1 aromatic carbocycles. The summed E-state index contributed by atoms with van der Waals surface area (Å²) in [7, 11) is 0. The fraction of sp³-hybridized carbons (Fsp3) is 0.444. The van der Waals surface area contributed by atoms with E-state index in [1.54, 1.807) is 6.26 Å². The Bertz CT molecular complexity index is 656. The van der Waals surface area contributed by atoms with Gasteiger partial charge < -0.3 is 15.1 Å². The Morgan fingerprint density at radius 3 is 2.74 bits per heavy atom. The number of aryl methyl sites for hydroxylation is 1. The van der Waals surface area contributed by atoms with E-state index in [9.17, 15) is 0 Å². The summed E-state index contributed by atoms with van der Waals surface area (Å²) in [6.45, 7) is 6.49. The molecule has 1 fully saturated rings. The van der Waals surface area contributed by atoms with Crippen molar-refractivity contribution in [3.8, 4) is 11.5 Å². The summed E-state index contributed by atoms with van der Waals surface area (Å²) in [5.74, 6) is 2.31. The van der Waals surface area contributed by atoms with Gasteiger partial charge in [-0.05, 0) is 44.7 Å². The maximum absolute atomic E-state index is 5.57. The Kier molecular flexibility index (Phi) is 4.95. The predicted molar refractivity (Wildman–Crippen MR) is 92.2 cm³/mol. The summed E-state index contributed by atoms with van der Waals surface area (Å²) >= 11 is 0. The third-order valence-corrected chi connectivity index (χ3v) is 3.85. The van der Waals surface area contributed by atoms with Gasteiger partial charge in [0.05, 0.1) is 6.54 Å². The van der Waals surface area contributed by atoms with Gasteiger partial charge in [-0.2, -0.15) is 0 Å². The van der Waals surface area contributed by atoms with Crippen LogP contribution in [0, 0.1) is 12.8 Å². The second-order valence-electron chi connectivity index (χ2n) is 6.03. The molecule has 0 saturated heterocycles. The molecule has 2 N–H and O–H groups in total. The molecule has 0 atom stereocenters. The van der Waals surface area contributed by atoms with Crippen molar-refractivity contribution < 1.29 is 4.42 Å². The summed E-state index contributed by atoms with van der Waals surface area (Å²) < 4.78 is 5.57. The molecule has 2 aromatic rings. The number of nitrogens with one attached hydrogen (secondary N) is 2. The van der Waals surface area contributed by atoms with E-state index < -0.39 is 0 Å². The molecular formula is C18H24N4O. The molecule has 0 bridgehead atoms. The van der Waals surface area contributed by atoms with Crippen LogP contribution < -0.4 is 10.6 Å². The maximum atomic E-state index is 5.57. The van der Waals surface area contributed by atoms with Crippen LogP contribution >= 0.6 is 0 Å². The van der Waals surface area contributed by atoms with Crippen LogP contribution in [0.1, 0.15) is 31.0 Å². The van der Waals surface area contributed by atoms with E-state index in [2.05, 4.69) is 46.6 Å². The normalized spacial score (nSPS) is 14.8. The van der Waals surface area contributed by atoms with Crippen molar-refractivity contribution in [2.24, 2.45) is 10.9 Å². The average molecular weight is 312 g/mol. The predicted octanol–water partition coefficient (Wildman–Crippen LogP) is 3.12. The highest BCUT2D eigenvalue weighted by Gasteiger charge is 2.21. The van der Waals surface area contributed by atoms with Crippen LogP contribution in [0.5, 0.6) is 0 Å². The van der Waals surface area contributed by atoms with E-state index in [1.165, 1.54) is 18.4 Å². The number of aliphatic imine (C=N–C) groups is 1. The lowest BCUT2D eigenvalue weighted by Crippen LogP contribution is -2.38. The SMILES string of the molecule is CCNC(=NCc1coc(-c2ccc(C)cc2)n1)NCC1CC1. The van der Waals surface area contributed by atoms with Gasteiger partial charge in [0.15, 0.2) is 5.96 Å². The van der Waals surface area contributed by atoms with E-state index in [-0.39, 0.29) is 0 Å². The topological polar surface area (TPSA) is 62.5 Å². The highest BCUT2D eigenvalue weighted by molar-refractivity contribution is 5.79. The summed E-state index contributed by atoms with van der Waals surface area (Å²) in [4.78, 5) is 9.10. The second-order valence-corrected chi connectivity index (χ2v) is 6.03. The lowest BCUT2D eigenvalue weighted by Gasteiger charge is -2.09. The zero-order valence-corrected chi connectivity index (χ0v) is 13.8. The Morgan fingerprint density at radius 1 is 1.26 bits per heavy atom. The van der Waals surface area contributed by atoms with E-state index in [1.807, 2.05) is 12.1 Å². The molecule has 5 nitrogen and oxygen atoms in total. The number of nitrogens with zero attached hydrogens (tertiary/aromatic N) is 2. The van der Waals surface area contributed by atoms with Gasteiger partial charge >= 0.3 is 0 Å². The molecule has 0 unspecified atom stereocenters. The first-order valence-electron chi connectivity index (χ1n) is 8.28. The second kappa shape index (κ2) is 7.31. The van der Waals surface area contributed by atoms with Crippen molar-refractivity contribution in [3.63, 3.8) is 0 Å². The summed E-state index contributed by atoms with van der Waals surface area (Å²) in [5, 5.41) is 6.64. The highest BCUT2D eigenvalue weighted by atomic mass is 16.3. The van der Waals surface area contributed by atoms with Gasteiger partial charge in [-0.3, -0.25) is 0 Å². The monoisotopic (exact) mass is 312 g/mol. The van der Waals surface area contributed by atoms with Crippen molar-refractivity contribution in [2.75, 3.05) is 13.1 Å². The molecule has 1 heterocycles. The molecule has 1 aromatic heterocycles. The number of benzene rings is 1. The van der Waals surface area contributed by atoms with Gasteiger partial charge in [-0.15, -0.1) is 0 Å². The third-order valence-electron chi connectivity index (χ3n) is 3.85. The Labute approximate surface area is 137 Å². The van der Waals surface area contributed by atoms with Gasteiger partial charge in [-0.1, -0.05) is 17.7 Å². The van der Waals surface area contributed by atoms with E-state index >= 15 is 0 Å². The lowest BCUT2D eigenvalue weighted by molar-refractivity contribution is 0.572. The third kappa shape index (κ3) is 4.58. The Hall–Kier alpha value is -2.30. The van der Waals surface area contributed by atoms with Crippen molar-refractivity contribution in [3.05, 3.63) is 41.8 Å². The van der Waals surface area contributed by atoms with Crippen LogP contribution in [0.4, 0.5) is 0 Å². The molecule has 1 aliphatic rings. The largest absolute Gasteiger partial charge is 0.444 e. The number of rotatable bonds is 6. The molecule has 0 amide bonds. The standard InChI is InChI=1S/C18H24N4O/c1-3-19-18(20-10-14-6-7-14)21-11-16-12-23-17(22-16)15-8-4-13(2)5-9-15/h4-5,8-9,12,14H,3,6-7,10-11H2,1-2H3,(H2,19,20,21). The minimum Gasteiger partial charge on any atom is -0.444 e. The quantitative estimate of drug-likeness (QED) is 0.635. The molecule has 0 radical (unpaired) electrons. The van der Waals surface area contributed by atoms with Gasteiger partial charge in [0.2, 0.25) is 5.89 Å². The summed E-state index contributed by atoms with van der Waals surface area (Å²) in [5.41, 5.74) is 3.05. The number of hydrogen-bond donors (Lipinski definition) is 2. The average Bonchev–Trinajstić information content (AvgIpc) is 3.27. The van der Waals surface area contributed by atoms with E-state index in [4.69, 9.17) is 4.42 Å². The van der Waals surface area contributed by atoms with Gasteiger partial charge in [0.25, 0.3) is 0 Å². The van der Waals surface area contributed by atoms with Crippen molar-refractivity contribution in [2.45, 2.75) is 33.2 Å². The first-order chi connectivity index (χ1) is 11.2. The fourth-order valence-electron chi connectivity index (χ4n) is 2.27. The van der Waals surface area contributed by atoms with Crippen molar-refractivity contribution in [1.29, 1.82) is 0 Å². The lowest BCUT2D eigenvalue weighted by atomic mass is 10.1. The Morgan fingerprint density at radius 2 is 2.04 bits per heavy atom. The van der Waals surface area contributed by atoms with E-state index in [0.717, 1.165) is 36.2 Å². The first kappa shape index (κ1) is 15.6. The molecule has 0 aliphatic heterocycles. The fourth-order valence-corrected chi connectivity index (χ4v) is 2.27. The molecular weight excluding hydrogens is 288 g/mol. The van der Waals surface area contributed by atoms with Crippen LogP contribution in [0.3, 0.4) is 0 Å². The zero-order valence-electron chi connectivity index (χ0n) is 13.8. The number of oxazole rings is 1. The van der Waals surface area contributed by atoms with Gasteiger partial charge in [-0.25, -0.2) is 9.98 Å². The highest BCUT2D eigenvalue weighted by Crippen LogP contribution is 2.27. The van der Waals surface area contributed by atoms with Crippen LogP contribution in [0.15, 0.2) is 39.9 Å². The molecule has 1 aliphatic carbocycles. The minimum atomic E-state index is 0.509. The molecule has 5 heteroatoms. The van der Waals surface area contributed by atoms with E-state index in [0.29, 0.717) is 12.4 Å². The van der Waals surface area contributed by atoms with Crippen molar-refractivity contribution >= 4 is 5.96 Å². The molecule has 1 saturated carbocycles.